The summed E-state index contributed by atoms with van der Waals surface area (Å²) >= 11 is 6.01. The van der Waals surface area contributed by atoms with Crippen molar-refractivity contribution in [3.8, 4) is 11.1 Å². The number of halogens is 1. The molecule has 0 aromatic heterocycles. The van der Waals surface area contributed by atoms with E-state index in [9.17, 15) is 14.7 Å². The van der Waals surface area contributed by atoms with Crippen LogP contribution in [-0.2, 0) is 9.59 Å². The topological polar surface area (TPSA) is 66.4 Å². The first kappa shape index (κ1) is 18.8. The Morgan fingerprint density at radius 2 is 1.64 bits per heavy atom. The van der Waals surface area contributed by atoms with Crippen molar-refractivity contribution in [3.05, 3.63) is 63.9 Å². The van der Waals surface area contributed by atoms with Gasteiger partial charge in [-0.3, -0.25) is 9.59 Å². The highest BCUT2D eigenvalue weighted by atomic mass is 35.5. The maximum atomic E-state index is 12.9. The van der Waals surface area contributed by atoms with E-state index in [1.165, 1.54) is 0 Å². The molecule has 1 heterocycles. The SMILES string of the molecule is Cc1ccc(-c2ccc(Cl)cc2)c(C)c1C1=C(O)C2(CCC(=O)CC2)NC1=O. The van der Waals surface area contributed by atoms with Crippen molar-refractivity contribution in [2.45, 2.75) is 45.1 Å². The summed E-state index contributed by atoms with van der Waals surface area (Å²) in [6.07, 6.45) is 1.64. The molecule has 2 aliphatic rings. The van der Waals surface area contributed by atoms with Gasteiger partial charge in [0.15, 0.2) is 0 Å². The monoisotopic (exact) mass is 395 g/mol. The first-order chi connectivity index (χ1) is 13.3. The molecule has 1 aliphatic carbocycles. The second-order valence-electron chi connectivity index (χ2n) is 7.74. The quantitative estimate of drug-likeness (QED) is 0.759. The lowest BCUT2D eigenvalue weighted by Gasteiger charge is -2.32. The molecule has 5 heteroatoms. The van der Waals surface area contributed by atoms with Crippen molar-refractivity contribution in [3.63, 3.8) is 0 Å². The zero-order valence-corrected chi connectivity index (χ0v) is 16.7. The highest BCUT2D eigenvalue weighted by Gasteiger charge is 2.48. The number of Topliss-reactive ketones (excluding diaryl/α,β-unsaturated/α-hetero) is 1. The number of nitrogens with one attached hydrogen (secondary N) is 1. The summed E-state index contributed by atoms with van der Waals surface area (Å²) in [6, 6.07) is 11.6. The summed E-state index contributed by atoms with van der Waals surface area (Å²) in [7, 11) is 0. The van der Waals surface area contributed by atoms with Crippen molar-refractivity contribution in [1.29, 1.82) is 0 Å². The maximum absolute atomic E-state index is 12.9. The molecule has 0 unspecified atom stereocenters. The molecule has 1 amide bonds. The van der Waals surface area contributed by atoms with Gasteiger partial charge in [-0.1, -0.05) is 35.9 Å². The molecule has 0 saturated heterocycles. The average Bonchev–Trinajstić information content (AvgIpc) is 2.90. The Balaban J connectivity index is 1.85. The Morgan fingerprint density at radius 1 is 1.00 bits per heavy atom. The van der Waals surface area contributed by atoms with Crippen molar-refractivity contribution >= 4 is 28.9 Å². The smallest absolute Gasteiger partial charge is 0.256 e. The Labute approximate surface area is 169 Å². The van der Waals surface area contributed by atoms with Gasteiger partial charge in [-0.05, 0) is 66.6 Å². The van der Waals surface area contributed by atoms with Crippen LogP contribution in [-0.4, -0.2) is 22.3 Å². The number of rotatable bonds is 2. The van der Waals surface area contributed by atoms with Crippen molar-refractivity contribution in [2.24, 2.45) is 0 Å². The van der Waals surface area contributed by atoms with E-state index < -0.39 is 5.54 Å². The minimum atomic E-state index is -0.810. The number of aliphatic hydroxyl groups excluding tert-OH is 1. The van der Waals surface area contributed by atoms with Crippen LogP contribution in [0.4, 0.5) is 0 Å². The summed E-state index contributed by atoms with van der Waals surface area (Å²) in [5, 5.41) is 14.7. The normalized spacial score (nSPS) is 18.7. The van der Waals surface area contributed by atoms with Gasteiger partial charge in [-0.2, -0.15) is 0 Å². The molecule has 144 valence electrons. The van der Waals surface area contributed by atoms with E-state index >= 15 is 0 Å². The number of hydrogen-bond donors (Lipinski definition) is 2. The van der Waals surface area contributed by atoms with Crippen LogP contribution in [0.2, 0.25) is 5.02 Å². The molecule has 0 radical (unpaired) electrons. The third kappa shape index (κ3) is 2.92. The maximum Gasteiger partial charge on any atom is 0.256 e. The number of carbonyl (C=O) groups excluding carboxylic acids is 2. The fourth-order valence-electron chi connectivity index (χ4n) is 4.41. The molecule has 1 spiro atoms. The van der Waals surface area contributed by atoms with Gasteiger partial charge in [0.2, 0.25) is 0 Å². The van der Waals surface area contributed by atoms with Crippen molar-refractivity contribution in [1.82, 2.24) is 5.32 Å². The minimum Gasteiger partial charge on any atom is -0.509 e. The van der Waals surface area contributed by atoms with E-state index in [0.29, 0.717) is 36.3 Å². The molecule has 2 aromatic rings. The first-order valence-electron chi connectivity index (χ1n) is 9.47. The molecule has 1 saturated carbocycles. The Bertz CT molecular complexity index is 1010. The van der Waals surface area contributed by atoms with Crippen LogP contribution in [0.3, 0.4) is 0 Å². The zero-order chi connectivity index (χ0) is 20.1. The lowest BCUT2D eigenvalue weighted by molar-refractivity contribution is -0.123. The number of hydrogen-bond acceptors (Lipinski definition) is 3. The first-order valence-corrected chi connectivity index (χ1v) is 9.85. The van der Waals surface area contributed by atoms with Gasteiger partial charge < -0.3 is 10.4 Å². The molecule has 0 bridgehead atoms. The van der Waals surface area contributed by atoms with Gasteiger partial charge in [0, 0.05) is 17.9 Å². The van der Waals surface area contributed by atoms with E-state index in [2.05, 4.69) is 5.32 Å². The molecule has 0 atom stereocenters. The third-order valence-electron chi connectivity index (χ3n) is 6.01. The summed E-state index contributed by atoms with van der Waals surface area (Å²) in [5.41, 5.74) is 4.13. The number of amides is 1. The van der Waals surface area contributed by atoms with Crippen molar-refractivity contribution in [2.75, 3.05) is 0 Å². The molecule has 4 rings (SSSR count). The molecular formula is C23H22ClNO3. The Hall–Kier alpha value is -2.59. The molecule has 4 nitrogen and oxygen atoms in total. The van der Waals surface area contributed by atoms with Gasteiger partial charge in [-0.25, -0.2) is 0 Å². The summed E-state index contributed by atoms with van der Waals surface area (Å²) in [6.45, 7) is 3.91. The van der Waals surface area contributed by atoms with Gasteiger partial charge in [0.05, 0.1) is 11.1 Å². The summed E-state index contributed by atoms with van der Waals surface area (Å²) in [4.78, 5) is 24.6. The van der Waals surface area contributed by atoms with E-state index in [1.807, 2.05) is 50.2 Å². The number of benzene rings is 2. The minimum absolute atomic E-state index is 0.0736. The van der Waals surface area contributed by atoms with Gasteiger partial charge >= 0.3 is 0 Å². The van der Waals surface area contributed by atoms with Crippen LogP contribution in [0.1, 0.15) is 42.4 Å². The molecule has 1 aliphatic heterocycles. The number of aliphatic hydroxyl groups is 1. The third-order valence-corrected chi connectivity index (χ3v) is 6.26. The molecular weight excluding hydrogens is 374 g/mol. The predicted octanol–water partition coefficient (Wildman–Crippen LogP) is 4.90. The number of aryl methyl sites for hydroxylation is 1. The van der Waals surface area contributed by atoms with E-state index in [4.69, 9.17) is 11.6 Å². The van der Waals surface area contributed by atoms with Crippen LogP contribution in [0.25, 0.3) is 16.7 Å². The largest absolute Gasteiger partial charge is 0.509 e. The lowest BCUT2D eigenvalue weighted by atomic mass is 9.79. The second kappa shape index (κ2) is 6.78. The highest BCUT2D eigenvalue weighted by molar-refractivity contribution is 6.30. The van der Waals surface area contributed by atoms with Gasteiger partial charge in [-0.15, -0.1) is 0 Å². The standard InChI is InChI=1S/C23H22ClNO3/c1-13-3-8-18(15-4-6-16(24)7-5-15)14(2)19(13)20-21(27)23(25-22(20)28)11-9-17(26)10-12-23/h3-8,27H,9-12H2,1-2H3,(H,25,28). The summed E-state index contributed by atoms with van der Waals surface area (Å²) < 4.78 is 0. The fourth-order valence-corrected chi connectivity index (χ4v) is 4.54. The molecule has 2 N–H and O–H groups in total. The molecule has 28 heavy (non-hydrogen) atoms. The zero-order valence-electron chi connectivity index (χ0n) is 15.9. The van der Waals surface area contributed by atoms with E-state index in [0.717, 1.165) is 27.8 Å². The van der Waals surface area contributed by atoms with Crippen LogP contribution >= 0.6 is 11.6 Å². The van der Waals surface area contributed by atoms with E-state index in [1.54, 1.807) is 0 Å². The lowest BCUT2D eigenvalue weighted by Crippen LogP contribution is -2.47. The number of carbonyl (C=O) groups is 2. The summed E-state index contributed by atoms with van der Waals surface area (Å²) in [5.74, 6) is -0.0195. The van der Waals surface area contributed by atoms with Crippen LogP contribution in [0.15, 0.2) is 42.2 Å². The predicted molar refractivity (Wildman–Crippen MR) is 110 cm³/mol. The van der Waals surface area contributed by atoms with Crippen molar-refractivity contribution < 1.29 is 14.7 Å². The molecule has 2 aromatic carbocycles. The number of ketones is 1. The second-order valence-corrected chi connectivity index (χ2v) is 8.17. The van der Waals surface area contributed by atoms with E-state index in [-0.39, 0.29) is 17.4 Å². The van der Waals surface area contributed by atoms with Gasteiger partial charge in [0.25, 0.3) is 5.91 Å². The van der Waals surface area contributed by atoms with Crippen LogP contribution in [0, 0.1) is 13.8 Å². The average molecular weight is 396 g/mol. The highest BCUT2D eigenvalue weighted by Crippen LogP contribution is 2.43. The van der Waals surface area contributed by atoms with Crippen LogP contribution < -0.4 is 5.32 Å². The van der Waals surface area contributed by atoms with Gasteiger partial charge in [0.1, 0.15) is 11.5 Å². The Morgan fingerprint density at radius 3 is 2.29 bits per heavy atom. The van der Waals surface area contributed by atoms with Crippen LogP contribution in [0.5, 0.6) is 0 Å². The fraction of sp³-hybridized carbons (Fsp3) is 0.304. The molecule has 1 fully saturated rings. The Kier molecular flexibility index (Phi) is 4.54.